The molecule has 1 atom stereocenters. The van der Waals surface area contributed by atoms with Crippen LogP contribution in [0.15, 0.2) is 17.4 Å². The Balaban J connectivity index is 2.56. The highest BCUT2D eigenvalue weighted by Gasteiger charge is 2.31. The lowest BCUT2D eigenvalue weighted by Gasteiger charge is -2.20. The number of carbonyl (C=O) groups is 3. The number of hydrogen-bond donors (Lipinski definition) is 1. The average Bonchev–Trinajstić information content (AvgIpc) is 2.91. The van der Waals surface area contributed by atoms with Gasteiger partial charge >= 0.3 is 6.09 Å². The Labute approximate surface area is 137 Å². The molecule has 6 nitrogen and oxygen atoms in total. The molecule has 0 saturated carbocycles. The van der Waals surface area contributed by atoms with Crippen LogP contribution in [0.2, 0.25) is 0 Å². The minimum atomic E-state index is -0.621. The smallest absolute Gasteiger partial charge is 0.407 e. The molecule has 0 bridgehead atoms. The molecular formula is C17H26N2O4. The Kier molecular flexibility index (Phi) is 7.55. The van der Waals surface area contributed by atoms with Gasteiger partial charge in [-0.1, -0.05) is 27.7 Å². The zero-order valence-electron chi connectivity index (χ0n) is 14.3. The maximum absolute atomic E-state index is 12.2. The van der Waals surface area contributed by atoms with Crippen LogP contribution < -0.4 is 5.32 Å². The molecule has 1 fully saturated rings. The third-order valence-corrected chi connectivity index (χ3v) is 3.25. The van der Waals surface area contributed by atoms with Gasteiger partial charge in [0.15, 0.2) is 0 Å². The summed E-state index contributed by atoms with van der Waals surface area (Å²) in [5, 5.41) is 2.42. The number of amides is 2. The first-order chi connectivity index (χ1) is 10.8. The molecule has 2 amide bonds. The van der Waals surface area contributed by atoms with Crippen molar-refractivity contribution in [3.8, 4) is 0 Å². The lowest BCUT2D eigenvalue weighted by molar-refractivity contribution is -0.133. The summed E-state index contributed by atoms with van der Waals surface area (Å²) >= 11 is 0. The molecule has 0 aromatic rings. The summed E-state index contributed by atoms with van der Waals surface area (Å²) in [6.45, 7) is 8.42. The molecular weight excluding hydrogens is 296 g/mol. The van der Waals surface area contributed by atoms with Crippen molar-refractivity contribution in [1.29, 1.82) is 0 Å². The minimum Gasteiger partial charge on any atom is -0.449 e. The Bertz CT molecular complexity index is 505. The van der Waals surface area contributed by atoms with E-state index in [4.69, 9.17) is 4.74 Å². The normalized spacial score (nSPS) is 17.2. The second-order valence-electron chi connectivity index (χ2n) is 6.43. The van der Waals surface area contributed by atoms with Crippen molar-refractivity contribution in [2.24, 2.45) is 11.8 Å². The lowest BCUT2D eigenvalue weighted by atomic mass is 10.1. The predicted octanol–water partition coefficient (Wildman–Crippen LogP) is 1.91. The molecule has 0 unspecified atom stereocenters. The van der Waals surface area contributed by atoms with Gasteiger partial charge in [0.1, 0.15) is 12.8 Å². The van der Waals surface area contributed by atoms with Crippen LogP contribution >= 0.6 is 0 Å². The highest BCUT2D eigenvalue weighted by molar-refractivity contribution is 5.85. The zero-order chi connectivity index (χ0) is 17.4. The molecule has 1 aliphatic rings. The Hall–Kier alpha value is -2.07. The van der Waals surface area contributed by atoms with Gasteiger partial charge in [-0.2, -0.15) is 0 Å². The number of carbonyl (C=O) groups excluding carboxylic acids is 3. The van der Waals surface area contributed by atoms with Gasteiger partial charge in [-0.25, -0.2) is 4.79 Å². The van der Waals surface area contributed by atoms with Gasteiger partial charge in [0, 0.05) is 13.0 Å². The van der Waals surface area contributed by atoms with Gasteiger partial charge in [0.2, 0.25) is 5.91 Å². The zero-order valence-corrected chi connectivity index (χ0v) is 14.3. The monoisotopic (exact) mass is 322 g/mol. The average molecular weight is 322 g/mol. The fraction of sp³-hybridized carbons (Fsp3) is 0.647. The van der Waals surface area contributed by atoms with E-state index < -0.39 is 12.1 Å². The van der Waals surface area contributed by atoms with E-state index in [1.807, 2.05) is 33.8 Å². The standard InChI is InChI=1S/C17H26N2O4/c1-12(2)5-6-14-7-15(10-20)19(9-14)16(21)8-18-17(22)23-11-13(3)4/h5,10,12-13,15H,7-9,11H2,1-4H3,(H,18,22)/t6?,15-/m0/s1. The summed E-state index contributed by atoms with van der Waals surface area (Å²) < 4.78 is 4.94. The Morgan fingerprint density at radius 1 is 1.39 bits per heavy atom. The van der Waals surface area contributed by atoms with Crippen LogP contribution in [0.1, 0.15) is 34.1 Å². The third-order valence-electron chi connectivity index (χ3n) is 3.25. The van der Waals surface area contributed by atoms with E-state index in [0.29, 0.717) is 25.5 Å². The molecule has 0 aromatic heterocycles. The predicted molar refractivity (Wildman–Crippen MR) is 86.8 cm³/mol. The largest absolute Gasteiger partial charge is 0.449 e. The summed E-state index contributed by atoms with van der Waals surface area (Å²) in [5.74, 6) is 0.291. The number of nitrogens with zero attached hydrogens (tertiary/aromatic N) is 1. The molecule has 1 N–H and O–H groups in total. The van der Waals surface area contributed by atoms with Crippen molar-refractivity contribution >= 4 is 18.3 Å². The van der Waals surface area contributed by atoms with Crippen LogP contribution in [0, 0.1) is 11.8 Å². The van der Waals surface area contributed by atoms with Gasteiger partial charge in [0.05, 0.1) is 12.6 Å². The summed E-state index contributed by atoms with van der Waals surface area (Å²) in [7, 11) is 0. The minimum absolute atomic E-state index is 0.178. The Morgan fingerprint density at radius 3 is 2.65 bits per heavy atom. The summed E-state index contributed by atoms with van der Waals surface area (Å²) in [6.07, 6.45) is 2.56. The van der Waals surface area contributed by atoms with Crippen LogP contribution in [0.5, 0.6) is 0 Å². The molecule has 1 heterocycles. The van der Waals surface area contributed by atoms with Crippen LogP contribution in [0.25, 0.3) is 0 Å². The van der Waals surface area contributed by atoms with E-state index in [1.54, 1.807) is 0 Å². The van der Waals surface area contributed by atoms with Crippen molar-refractivity contribution in [1.82, 2.24) is 10.2 Å². The fourth-order valence-electron chi connectivity index (χ4n) is 2.08. The van der Waals surface area contributed by atoms with E-state index in [1.165, 1.54) is 4.90 Å². The van der Waals surface area contributed by atoms with Crippen LogP contribution in [0.4, 0.5) is 4.79 Å². The van der Waals surface area contributed by atoms with E-state index in [2.05, 4.69) is 11.0 Å². The van der Waals surface area contributed by atoms with Crippen molar-refractivity contribution < 1.29 is 19.1 Å². The van der Waals surface area contributed by atoms with Gasteiger partial charge < -0.3 is 19.7 Å². The third kappa shape index (κ3) is 6.70. The van der Waals surface area contributed by atoms with Gasteiger partial charge in [0.25, 0.3) is 0 Å². The quantitative estimate of drug-likeness (QED) is 0.599. The highest BCUT2D eigenvalue weighted by Crippen LogP contribution is 2.20. The molecule has 6 heteroatoms. The highest BCUT2D eigenvalue weighted by atomic mass is 16.5. The van der Waals surface area contributed by atoms with Crippen LogP contribution in [-0.4, -0.2) is 48.9 Å². The van der Waals surface area contributed by atoms with Crippen LogP contribution in [-0.2, 0) is 14.3 Å². The Morgan fingerprint density at radius 2 is 2.09 bits per heavy atom. The van der Waals surface area contributed by atoms with Crippen LogP contribution in [0.3, 0.4) is 0 Å². The first-order valence-electron chi connectivity index (χ1n) is 7.93. The maximum Gasteiger partial charge on any atom is 0.407 e. The number of aldehydes is 1. The molecule has 1 aliphatic heterocycles. The SMILES string of the molecule is CC(C)C=C=C1C[C@@H](C=O)N(C(=O)CNC(=O)OCC(C)C)C1. The molecule has 23 heavy (non-hydrogen) atoms. The second-order valence-corrected chi connectivity index (χ2v) is 6.43. The molecule has 1 rings (SSSR count). The topological polar surface area (TPSA) is 75.7 Å². The second kappa shape index (κ2) is 9.16. The number of hydrogen-bond acceptors (Lipinski definition) is 4. The van der Waals surface area contributed by atoms with E-state index in [0.717, 1.165) is 11.9 Å². The first-order valence-corrected chi connectivity index (χ1v) is 7.93. The fourth-order valence-corrected chi connectivity index (χ4v) is 2.08. The van der Waals surface area contributed by atoms with Gasteiger partial charge in [-0.05, 0) is 23.5 Å². The number of alkyl carbamates (subject to hydrolysis) is 1. The lowest BCUT2D eigenvalue weighted by Crippen LogP contribution is -2.43. The molecule has 1 saturated heterocycles. The molecule has 0 aromatic carbocycles. The number of nitrogens with one attached hydrogen (secondary N) is 1. The van der Waals surface area contributed by atoms with Crippen molar-refractivity contribution in [2.75, 3.05) is 19.7 Å². The van der Waals surface area contributed by atoms with Gasteiger partial charge in [-0.3, -0.25) is 4.79 Å². The number of likely N-dealkylation sites (tertiary alicyclic amines) is 1. The molecule has 0 radical (unpaired) electrons. The van der Waals surface area contributed by atoms with Crippen molar-refractivity contribution in [3.05, 3.63) is 17.4 Å². The summed E-state index contributed by atoms with van der Waals surface area (Å²) in [4.78, 5) is 36.3. The van der Waals surface area contributed by atoms with Gasteiger partial charge in [-0.15, -0.1) is 5.73 Å². The molecule has 0 aliphatic carbocycles. The number of rotatable bonds is 6. The van der Waals surface area contributed by atoms with Crippen molar-refractivity contribution in [2.45, 2.75) is 40.2 Å². The van der Waals surface area contributed by atoms with E-state index in [9.17, 15) is 14.4 Å². The first kappa shape index (κ1) is 19.0. The van der Waals surface area contributed by atoms with Crippen molar-refractivity contribution in [3.63, 3.8) is 0 Å². The van der Waals surface area contributed by atoms with E-state index in [-0.39, 0.29) is 18.4 Å². The summed E-state index contributed by atoms with van der Waals surface area (Å²) in [6, 6.07) is -0.487. The van der Waals surface area contributed by atoms with E-state index >= 15 is 0 Å². The summed E-state index contributed by atoms with van der Waals surface area (Å²) in [5.41, 5.74) is 4.08. The molecule has 128 valence electrons. The maximum atomic E-state index is 12.2. The number of ether oxygens (including phenoxy) is 1. The molecule has 0 spiro atoms.